The van der Waals surface area contributed by atoms with E-state index in [1.54, 1.807) is 18.2 Å². The molecule has 0 radical (unpaired) electrons. The molecule has 0 bridgehead atoms. The van der Waals surface area contributed by atoms with Gasteiger partial charge in [0.05, 0.1) is 0 Å². The summed E-state index contributed by atoms with van der Waals surface area (Å²) in [5, 5.41) is -0.430. The lowest BCUT2D eigenvalue weighted by molar-refractivity contribution is -0.121. The minimum absolute atomic E-state index is 0.146. The quantitative estimate of drug-likeness (QED) is 0.751. The highest BCUT2D eigenvalue weighted by atomic mass is 32.2. The van der Waals surface area contributed by atoms with Crippen molar-refractivity contribution in [3.63, 3.8) is 0 Å². The SMILES string of the molecule is C=C1C=Cc2ccc(OC(=O)SCC(C)C(=O)CC)cc2O1. The first kappa shape index (κ1) is 16.4. The van der Waals surface area contributed by atoms with E-state index in [9.17, 15) is 9.59 Å². The van der Waals surface area contributed by atoms with E-state index in [2.05, 4.69) is 6.58 Å². The van der Waals surface area contributed by atoms with Crippen LogP contribution in [-0.4, -0.2) is 16.8 Å². The van der Waals surface area contributed by atoms with Gasteiger partial charge >= 0.3 is 5.30 Å². The number of carbonyl (C=O) groups is 2. The van der Waals surface area contributed by atoms with Gasteiger partial charge in [-0.3, -0.25) is 4.79 Å². The van der Waals surface area contributed by atoms with E-state index in [0.717, 1.165) is 17.3 Å². The van der Waals surface area contributed by atoms with Crippen LogP contribution in [-0.2, 0) is 4.79 Å². The summed E-state index contributed by atoms with van der Waals surface area (Å²) in [6.07, 6.45) is 4.14. The molecule has 1 heterocycles. The third-order valence-electron chi connectivity index (χ3n) is 3.23. The van der Waals surface area contributed by atoms with Gasteiger partial charge in [0.25, 0.3) is 0 Å². The average Bonchev–Trinajstić information content (AvgIpc) is 2.51. The van der Waals surface area contributed by atoms with Gasteiger partial charge in [-0.05, 0) is 36.0 Å². The summed E-state index contributed by atoms with van der Waals surface area (Å²) in [6.45, 7) is 7.36. The van der Waals surface area contributed by atoms with Crippen LogP contribution in [0.25, 0.3) is 6.08 Å². The zero-order valence-corrected chi connectivity index (χ0v) is 13.4. The molecule has 0 amide bonds. The molecule has 0 aliphatic carbocycles. The summed E-state index contributed by atoms with van der Waals surface area (Å²) >= 11 is 1.01. The summed E-state index contributed by atoms with van der Waals surface area (Å²) < 4.78 is 10.7. The molecule has 0 spiro atoms. The second kappa shape index (κ2) is 7.31. The lowest BCUT2D eigenvalue weighted by atomic mass is 10.1. The van der Waals surface area contributed by atoms with Crippen LogP contribution in [0.1, 0.15) is 25.8 Å². The van der Waals surface area contributed by atoms with Crippen LogP contribution in [0.15, 0.2) is 36.6 Å². The number of allylic oxidation sites excluding steroid dienone is 1. The molecule has 116 valence electrons. The van der Waals surface area contributed by atoms with Crippen LogP contribution < -0.4 is 9.47 Å². The maximum atomic E-state index is 11.8. The van der Waals surface area contributed by atoms with Crippen molar-refractivity contribution in [3.8, 4) is 11.5 Å². The van der Waals surface area contributed by atoms with Gasteiger partial charge in [0, 0.05) is 29.7 Å². The molecule has 1 aromatic carbocycles. The second-order valence-electron chi connectivity index (χ2n) is 4.99. The van der Waals surface area contributed by atoms with Gasteiger partial charge in [-0.2, -0.15) is 0 Å². The second-order valence-corrected chi connectivity index (χ2v) is 5.94. The van der Waals surface area contributed by atoms with E-state index >= 15 is 0 Å². The van der Waals surface area contributed by atoms with Gasteiger partial charge in [-0.15, -0.1) is 0 Å². The smallest absolute Gasteiger partial charge is 0.372 e. The Kier molecular flexibility index (Phi) is 5.44. The van der Waals surface area contributed by atoms with Crippen molar-refractivity contribution in [2.45, 2.75) is 20.3 Å². The number of ether oxygens (including phenoxy) is 2. The number of carbonyl (C=O) groups excluding carboxylic acids is 2. The maximum absolute atomic E-state index is 11.8. The Morgan fingerprint density at radius 2 is 2.14 bits per heavy atom. The monoisotopic (exact) mass is 318 g/mol. The number of hydrogen-bond donors (Lipinski definition) is 0. The highest BCUT2D eigenvalue weighted by molar-refractivity contribution is 8.13. The predicted octanol–water partition coefficient (Wildman–Crippen LogP) is 4.45. The Morgan fingerprint density at radius 1 is 1.36 bits per heavy atom. The van der Waals surface area contributed by atoms with Gasteiger partial charge in [0.1, 0.15) is 23.0 Å². The molecule has 0 N–H and O–H groups in total. The maximum Gasteiger partial charge on any atom is 0.372 e. The van der Waals surface area contributed by atoms with E-state index in [4.69, 9.17) is 9.47 Å². The predicted molar refractivity (Wildman–Crippen MR) is 88.2 cm³/mol. The van der Waals surface area contributed by atoms with E-state index < -0.39 is 5.30 Å². The van der Waals surface area contributed by atoms with Crippen molar-refractivity contribution in [1.29, 1.82) is 0 Å². The number of thioether (sulfide) groups is 1. The van der Waals surface area contributed by atoms with Crippen molar-refractivity contribution in [3.05, 3.63) is 42.2 Å². The Labute approximate surface area is 134 Å². The molecule has 1 aliphatic rings. The van der Waals surface area contributed by atoms with Gasteiger partial charge in [0.2, 0.25) is 0 Å². The molecule has 1 unspecified atom stereocenters. The van der Waals surface area contributed by atoms with Crippen LogP contribution in [0.2, 0.25) is 0 Å². The fourth-order valence-electron chi connectivity index (χ4n) is 1.92. The minimum atomic E-state index is -0.430. The molecule has 0 aromatic heterocycles. The van der Waals surface area contributed by atoms with Gasteiger partial charge in [-0.1, -0.05) is 20.4 Å². The lowest BCUT2D eigenvalue weighted by Crippen LogP contribution is -2.14. The first-order valence-electron chi connectivity index (χ1n) is 7.05. The van der Waals surface area contributed by atoms with Crippen LogP contribution in [0, 0.1) is 5.92 Å². The molecule has 2 rings (SSSR count). The van der Waals surface area contributed by atoms with Crippen LogP contribution in [0.4, 0.5) is 4.79 Å². The topological polar surface area (TPSA) is 52.6 Å². The molecular formula is C17H18O4S. The zero-order valence-electron chi connectivity index (χ0n) is 12.6. The molecule has 1 aromatic rings. The number of benzene rings is 1. The number of Topliss-reactive ketones (excluding diaryl/α,β-unsaturated/α-hetero) is 1. The summed E-state index contributed by atoms with van der Waals surface area (Å²) in [5.41, 5.74) is 0.905. The summed E-state index contributed by atoms with van der Waals surface area (Å²) in [7, 11) is 0. The highest BCUT2D eigenvalue weighted by Crippen LogP contribution is 2.31. The molecule has 4 nitrogen and oxygen atoms in total. The van der Waals surface area contributed by atoms with E-state index in [-0.39, 0.29) is 11.7 Å². The minimum Gasteiger partial charge on any atom is -0.457 e. The molecule has 0 fully saturated rings. The number of fused-ring (bicyclic) bond motifs is 1. The molecule has 1 atom stereocenters. The molecule has 5 heteroatoms. The largest absolute Gasteiger partial charge is 0.457 e. The molecular weight excluding hydrogens is 300 g/mol. The number of hydrogen-bond acceptors (Lipinski definition) is 5. The summed E-state index contributed by atoms with van der Waals surface area (Å²) in [6, 6.07) is 5.18. The van der Waals surface area contributed by atoms with Crippen LogP contribution >= 0.6 is 11.8 Å². The lowest BCUT2D eigenvalue weighted by Gasteiger charge is -2.14. The van der Waals surface area contributed by atoms with E-state index in [1.165, 1.54) is 0 Å². The van der Waals surface area contributed by atoms with Crippen LogP contribution in [0.3, 0.4) is 0 Å². The first-order valence-corrected chi connectivity index (χ1v) is 8.04. The third-order valence-corrected chi connectivity index (χ3v) is 4.21. The molecule has 22 heavy (non-hydrogen) atoms. The highest BCUT2D eigenvalue weighted by Gasteiger charge is 2.16. The normalized spacial score (nSPS) is 14.0. The van der Waals surface area contributed by atoms with E-state index in [0.29, 0.717) is 29.4 Å². The van der Waals surface area contributed by atoms with Gasteiger partial charge < -0.3 is 9.47 Å². The Morgan fingerprint density at radius 3 is 2.86 bits per heavy atom. The first-order chi connectivity index (χ1) is 10.5. The Hall–Kier alpha value is -2.01. The fourth-order valence-corrected chi connectivity index (χ4v) is 2.65. The molecule has 0 saturated carbocycles. The zero-order chi connectivity index (χ0) is 16.1. The van der Waals surface area contributed by atoms with Crippen molar-refractivity contribution < 1.29 is 19.1 Å². The van der Waals surface area contributed by atoms with E-state index in [1.807, 2.05) is 26.0 Å². The van der Waals surface area contributed by atoms with Crippen molar-refractivity contribution >= 4 is 28.9 Å². The number of ketones is 1. The molecule has 1 aliphatic heterocycles. The standard InChI is InChI=1S/C17H18O4S/c1-4-15(18)11(2)10-22-17(19)21-14-8-7-13-6-5-12(3)20-16(13)9-14/h5-9,11H,3-4,10H2,1-2H3. The summed E-state index contributed by atoms with van der Waals surface area (Å²) in [5.74, 6) is 1.98. The molecule has 0 saturated heterocycles. The average molecular weight is 318 g/mol. The Bertz CT molecular complexity index is 634. The van der Waals surface area contributed by atoms with Crippen LogP contribution in [0.5, 0.6) is 11.5 Å². The van der Waals surface area contributed by atoms with Crippen molar-refractivity contribution in [2.24, 2.45) is 5.92 Å². The van der Waals surface area contributed by atoms with Gasteiger partial charge in [-0.25, -0.2) is 4.79 Å². The third kappa shape index (κ3) is 4.24. The van der Waals surface area contributed by atoms with Crippen molar-refractivity contribution in [2.75, 3.05) is 5.75 Å². The van der Waals surface area contributed by atoms with Crippen molar-refractivity contribution in [1.82, 2.24) is 0 Å². The van der Waals surface area contributed by atoms with Gasteiger partial charge in [0.15, 0.2) is 0 Å². The summed E-state index contributed by atoms with van der Waals surface area (Å²) in [4.78, 5) is 23.3. The Balaban J connectivity index is 1.92. The fraction of sp³-hybridized carbons (Fsp3) is 0.294. The number of rotatable bonds is 5.